The van der Waals surface area contributed by atoms with Crippen LogP contribution in [0.2, 0.25) is 0 Å². The third-order valence-electron chi connectivity index (χ3n) is 4.02. The van der Waals surface area contributed by atoms with Crippen LogP contribution in [0.25, 0.3) is 0 Å². The van der Waals surface area contributed by atoms with Crippen LogP contribution >= 0.6 is 0 Å². The molecule has 124 valence electrons. The van der Waals surface area contributed by atoms with Crippen LogP contribution in [0.15, 0.2) is 0 Å². The van der Waals surface area contributed by atoms with Crippen molar-refractivity contribution in [2.75, 3.05) is 5.75 Å². The molecule has 0 aromatic carbocycles. The number of aliphatic carboxylic acids is 1. The molecule has 0 aromatic rings. The Morgan fingerprint density at radius 3 is 2.38 bits per heavy atom. The molecule has 0 aromatic heterocycles. The molecule has 0 spiro atoms. The standard InChI is InChI=1S/C14H27NO5S/c1-2-3-4-5-6-7-10-21(19,20)15-13-11(14(17)18)8-9-12(13)16/h11-13,15-16H,2-10H2,1H3,(H,17,18)/t11-,12-,13-/m1/s1. The summed E-state index contributed by atoms with van der Waals surface area (Å²) in [4.78, 5) is 11.1. The highest BCUT2D eigenvalue weighted by Crippen LogP contribution is 2.27. The lowest BCUT2D eigenvalue weighted by Crippen LogP contribution is -2.46. The van der Waals surface area contributed by atoms with Crippen molar-refractivity contribution in [1.82, 2.24) is 4.72 Å². The first-order valence-corrected chi connectivity index (χ1v) is 9.43. The zero-order valence-corrected chi connectivity index (χ0v) is 13.4. The van der Waals surface area contributed by atoms with E-state index in [1.165, 1.54) is 6.42 Å². The Morgan fingerprint density at radius 1 is 1.14 bits per heavy atom. The first kappa shape index (κ1) is 18.4. The predicted molar refractivity (Wildman–Crippen MR) is 80.5 cm³/mol. The minimum absolute atomic E-state index is 0.00527. The van der Waals surface area contributed by atoms with E-state index in [1.54, 1.807) is 0 Å². The number of rotatable bonds is 10. The summed E-state index contributed by atoms with van der Waals surface area (Å²) in [5.74, 6) is -1.90. The third kappa shape index (κ3) is 6.32. The fraction of sp³-hybridized carbons (Fsp3) is 0.929. The van der Waals surface area contributed by atoms with Crippen molar-refractivity contribution in [2.45, 2.75) is 70.4 Å². The number of carboxylic acid groups (broad SMARTS) is 1. The molecule has 0 heterocycles. The normalized spacial score (nSPS) is 26.1. The minimum atomic E-state index is -3.53. The maximum absolute atomic E-state index is 12.0. The number of aliphatic hydroxyl groups excluding tert-OH is 1. The number of carboxylic acids is 1. The zero-order chi connectivity index (χ0) is 15.9. The van der Waals surface area contributed by atoms with E-state index >= 15 is 0 Å². The largest absolute Gasteiger partial charge is 0.481 e. The van der Waals surface area contributed by atoms with Crippen molar-refractivity contribution in [3.8, 4) is 0 Å². The van der Waals surface area contributed by atoms with E-state index in [1.807, 2.05) is 0 Å². The summed E-state index contributed by atoms with van der Waals surface area (Å²) in [6.45, 7) is 2.13. The smallest absolute Gasteiger partial charge is 0.308 e. The molecule has 6 nitrogen and oxygen atoms in total. The molecule has 3 N–H and O–H groups in total. The van der Waals surface area contributed by atoms with Crippen LogP contribution in [0.3, 0.4) is 0 Å². The highest BCUT2D eigenvalue weighted by atomic mass is 32.2. The zero-order valence-electron chi connectivity index (χ0n) is 12.6. The highest BCUT2D eigenvalue weighted by molar-refractivity contribution is 7.89. The van der Waals surface area contributed by atoms with Crippen molar-refractivity contribution >= 4 is 16.0 Å². The Bertz CT molecular complexity index is 423. The topological polar surface area (TPSA) is 104 Å². The summed E-state index contributed by atoms with van der Waals surface area (Å²) in [5.41, 5.74) is 0. The van der Waals surface area contributed by atoms with E-state index in [4.69, 9.17) is 5.11 Å². The molecular weight excluding hydrogens is 294 g/mol. The summed E-state index contributed by atoms with van der Waals surface area (Å²) in [6, 6.07) is -0.896. The third-order valence-corrected chi connectivity index (χ3v) is 5.48. The van der Waals surface area contributed by atoms with Gasteiger partial charge in [-0.3, -0.25) is 4.79 Å². The van der Waals surface area contributed by atoms with Gasteiger partial charge in [-0.1, -0.05) is 39.0 Å². The maximum Gasteiger partial charge on any atom is 0.308 e. The first-order valence-electron chi connectivity index (χ1n) is 7.78. The van der Waals surface area contributed by atoms with Crippen LogP contribution in [0, 0.1) is 5.92 Å². The van der Waals surface area contributed by atoms with Gasteiger partial charge in [0.05, 0.1) is 23.8 Å². The fourth-order valence-electron chi connectivity index (χ4n) is 2.75. The van der Waals surface area contributed by atoms with Crippen molar-refractivity contribution in [3.63, 3.8) is 0 Å². The van der Waals surface area contributed by atoms with Crippen LogP contribution in [-0.2, 0) is 14.8 Å². The number of hydrogen-bond donors (Lipinski definition) is 3. The Labute approximate surface area is 127 Å². The van der Waals surface area contributed by atoms with Crippen LogP contribution in [-0.4, -0.2) is 42.5 Å². The van der Waals surface area contributed by atoms with E-state index in [2.05, 4.69) is 11.6 Å². The second kappa shape index (κ2) is 8.70. The van der Waals surface area contributed by atoms with Gasteiger partial charge in [0.1, 0.15) is 0 Å². The molecule has 1 aliphatic carbocycles. The van der Waals surface area contributed by atoms with Gasteiger partial charge in [-0.2, -0.15) is 0 Å². The van der Waals surface area contributed by atoms with Crippen molar-refractivity contribution in [3.05, 3.63) is 0 Å². The van der Waals surface area contributed by atoms with Gasteiger partial charge in [0.2, 0.25) is 10.0 Å². The van der Waals surface area contributed by atoms with E-state index in [-0.39, 0.29) is 5.75 Å². The minimum Gasteiger partial charge on any atom is -0.481 e. The molecule has 0 unspecified atom stereocenters. The molecule has 1 fully saturated rings. The fourth-order valence-corrected chi connectivity index (χ4v) is 4.19. The Kier molecular flexibility index (Phi) is 7.62. The summed E-state index contributed by atoms with van der Waals surface area (Å²) in [5, 5.41) is 18.8. The van der Waals surface area contributed by atoms with Gasteiger partial charge < -0.3 is 10.2 Å². The van der Waals surface area contributed by atoms with E-state index in [0.29, 0.717) is 19.3 Å². The summed E-state index contributed by atoms with van der Waals surface area (Å²) in [6.07, 6.45) is 5.60. The molecule has 21 heavy (non-hydrogen) atoms. The van der Waals surface area contributed by atoms with Gasteiger partial charge in [-0.15, -0.1) is 0 Å². The molecule has 7 heteroatoms. The van der Waals surface area contributed by atoms with E-state index < -0.39 is 34.1 Å². The lowest BCUT2D eigenvalue weighted by atomic mass is 10.0. The average Bonchev–Trinajstić information content (AvgIpc) is 2.75. The highest BCUT2D eigenvalue weighted by Gasteiger charge is 2.41. The second-order valence-electron chi connectivity index (χ2n) is 5.82. The van der Waals surface area contributed by atoms with E-state index in [0.717, 1.165) is 25.7 Å². The Hall–Kier alpha value is -0.660. The molecule has 0 saturated heterocycles. The molecule has 1 saturated carbocycles. The molecular formula is C14H27NO5S. The molecule has 1 aliphatic rings. The number of nitrogens with one attached hydrogen (secondary N) is 1. The first-order chi connectivity index (χ1) is 9.87. The molecule has 0 amide bonds. The summed E-state index contributed by atoms with van der Waals surface area (Å²) in [7, 11) is -3.53. The van der Waals surface area contributed by atoms with Gasteiger partial charge in [-0.05, 0) is 19.3 Å². The maximum atomic E-state index is 12.0. The monoisotopic (exact) mass is 321 g/mol. The Balaban J connectivity index is 2.39. The van der Waals surface area contributed by atoms with E-state index in [9.17, 15) is 18.3 Å². The molecule has 0 radical (unpaired) electrons. The molecule has 0 aliphatic heterocycles. The van der Waals surface area contributed by atoms with Crippen molar-refractivity contribution < 1.29 is 23.4 Å². The van der Waals surface area contributed by atoms with Crippen LogP contribution in [0.4, 0.5) is 0 Å². The summed E-state index contributed by atoms with van der Waals surface area (Å²) < 4.78 is 26.3. The summed E-state index contributed by atoms with van der Waals surface area (Å²) >= 11 is 0. The average molecular weight is 321 g/mol. The molecule has 1 rings (SSSR count). The van der Waals surface area contributed by atoms with Crippen molar-refractivity contribution in [1.29, 1.82) is 0 Å². The van der Waals surface area contributed by atoms with Gasteiger partial charge in [-0.25, -0.2) is 13.1 Å². The van der Waals surface area contributed by atoms with Crippen LogP contribution < -0.4 is 4.72 Å². The lowest BCUT2D eigenvalue weighted by molar-refractivity contribution is -0.142. The van der Waals surface area contributed by atoms with Crippen LogP contribution in [0.1, 0.15) is 58.3 Å². The Morgan fingerprint density at radius 2 is 1.76 bits per heavy atom. The number of aliphatic hydroxyl groups is 1. The predicted octanol–water partition coefficient (Wildman–Crippen LogP) is 1.49. The van der Waals surface area contributed by atoms with Gasteiger partial charge in [0.15, 0.2) is 0 Å². The number of sulfonamides is 1. The molecule has 0 bridgehead atoms. The number of hydrogen-bond acceptors (Lipinski definition) is 4. The number of unbranched alkanes of at least 4 members (excludes halogenated alkanes) is 5. The van der Waals surface area contributed by atoms with Crippen LogP contribution in [0.5, 0.6) is 0 Å². The van der Waals surface area contributed by atoms with Gasteiger partial charge in [0, 0.05) is 0 Å². The number of carbonyl (C=O) groups is 1. The van der Waals surface area contributed by atoms with Gasteiger partial charge >= 0.3 is 5.97 Å². The second-order valence-corrected chi connectivity index (χ2v) is 7.69. The van der Waals surface area contributed by atoms with Crippen molar-refractivity contribution in [2.24, 2.45) is 5.92 Å². The van der Waals surface area contributed by atoms with Gasteiger partial charge in [0.25, 0.3) is 0 Å². The quantitative estimate of drug-likeness (QED) is 0.529. The molecule has 3 atom stereocenters. The lowest BCUT2D eigenvalue weighted by Gasteiger charge is -2.20. The SMILES string of the molecule is CCCCCCCCS(=O)(=O)N[C@H]1[C@H](O)CC[C@H]1C(=O)O.